The lowest BCUT2D eigenvalue weighted by Crippen LogP contribution is -2.30. The second kappa shape index (κ2) is 7.82. The van der Waals surface area contributed by atoms with Crippen molar-refractivity contribution in [2.24, 2.45) is 0 Å². The Hall–Kier alpha value is -0.420. The summed E-state index contributed by atoms with van der Waals surface area (Å²) in [5.41, 5.74) is 0. The molecule has 0 bridgehead atoms. The van der Waals surface area contributed by atoms with Gasteiger partial charge in [-0.2, -0.15) is 0 Å². The monoisotopic (exact) mass is 235 g/mol. The van der Waals surface area contributed by atoms with Gasteiger partial charge in [-0.1, -0.05) is 20.8 Å². The standard InChI is InChI=1S/C10H21NO3S/c1-4-11(5-2)6-7-15(14)9(3)8-10(12)13/h9H,4-8H2,1-3H3,(H,12,13). The Kier molecular flexibility index (Phi) is 7.60. The van der Waals surface area contributed by atoms with Crippen molar-refractivity contribution in [3.05, 3.63) is 0 Å². The van der Waals surface area contributed by atoms with Crippen molar-refractivity contribution in [1.29, 1.82) is 0 Å². The Morgan fingerprint density at radius 2 is 1.93 bits per heavy atom. The molecule has 15 heavy (non-hydrogen) atoms. The van der Waals surface area contributed by atoms with Crippen LogP contribution in [0.5, 0.6) is 0 Å². The van der Waals surface area contributed by atoms with Crippen molar-refractivity contribution >= 4 is 16.8 Å². The predicted molar refractivity (Wildman–Crippen MR) is 62.5 cm³/mol. The zero-order chi connectivity index (χ0) is 11.8. The number of carboxylic acid groups (broad SMARTS) is 1. The molecule has 1 N–H and O–H groups in total. The van der Waals surface area contributed by atoms with Crippen LogP contribution in [0.1, 0.15) is 27.2 Å². The van der Waals surface area contributed by atoms with Crippen LogP contribution in [0.3, 0.4) is 0 Å². The summed E-state index contributed by atoms with van der Waals surface area (Å²) in [4.78, 5) is 12.6. The molecule has 0 saturated heterocycles. The van der Waals surface area contributed by atoms with Gasteiger partial charge < -0.3 is 10.0 Å². The smallest absolute Gasteiger partial charge is 0.304 e. The average Bonchev–Trinajstić information content (AvgIpc) is 2.18. The Balaban J connectivity index is 3.86. The van der Waals surface area contributed by atoms with Crippen molar-refractivity contribution < 1.29 is 14.1 Å². The van der Waals surface area contributed by atoms with Gasteiger partial charge in [0.1, 0.15) is 0 Å². The number of nitrogens with zero attached hydrogens (tertiary/aromatic N) is 1. The Morgan fingerprint density at radius 3 is 2.33 bits per heavy atom. The topological polar surface area (TPSA) is 57.6 Å². The number of carboxylic acids is 1. The molecule has 0 amide bonds. The number of carbonyl (C=O) groups is 1. The highest BCUT2D eigenvalue weighted by Gasteiger charge is 2.15. The summed E-state index contributed by atoms with van der Waals surface area (Å²) < 4.78 is 11.6. The summed E-state index contributed by atoms with van der Waals surface area (Å²) in [5.74, 6) is -0.311. The minimum absolute atomic E-state index is 0.00907. The molecule has 90 valence electrons. The van der Waals surface area contributed by atoms with Gasteiger partial charge in [-0.15, -0.1) is 0 Å². The lowest BCUT2D eigenvalue weighted by molar-refractivity contribution is -0.136. The van der Waals surface area contributed by atoms with Crippen molar-refractivity contribution in [3.63, 3.8) is 0 Å². The molecular formula is C10H21NO3S. The molecule has 0 spiro atoms. The fraction of sp³-hybridized carbons (Fsp3) is 0.900. The van der Waals surface area contributed by atoms with E-state index in [0.29, 0.717) is 5.75 Å². The molecular weight excluding hydrogens is 214 g/mol. The third kappa shape index (κ3) is 6.62. The first-order chi connectivity index (χ1) is 7.01. The first-order valence-electron chi connectivity index (χ1n) is 5.32. The molecule has 0 aromatic rings. The molecule has 2 unspecified atom stereocenters. The van der Waals surface area contributed by atoms with E-state index in [1.54, 1.807) is 6.92 Å². The lowest BCUT2D eigenvalue weighted by Gasteiger charge is -2.18. The van der Waals surface area contributed by atoms with Crippen LogP contribution in [-0.4, -0.2) is 50.8 Å². The molecule has 4 nitrogen and oxygen atoms in total. The van der Waals surface area contributed by atoms with E-state index >= 15 is 0 Å². The third-order valence-electron chi connectivity index (χ3n) is 2.41. The summed E-state index contributed by atoms with van der Waals surface area (Å²) >= 11 is 0. The van der Waals surface area contributed by atoms with Crippen molar-refractivity contribution in [1.82, 2.24) is 4.90 Å². The molecule has 0 aliphatic carbocycles. The second-order valence-electron chi connectivity index (χ2n) is 3.52. The summed E-state index contributed by atoms with van der Waals surface area (Å²) in [6.07, 6.45) is -0.00907. The highest BCUT2D eigenvalue weighted by molar-refractivity contribution is 7.85. The molecule has 0 aromatic heterocycles. The number of rotatable bonds is 8. The highest BCUT2D eigenvalue weighted by Crippen LogP contribution is 2.02. The van der Waals surface area contributed by atoms with Crippen LogP contribution in [0, 0.1) is 0 Å². The largest absolute Gasteiger partial charge is 0.481 e. The Labute approximate surface area is 94.1 Å². The predicted octanol–water partition coefficient (Wildman–Crippen LogP) is 0.940. The van der Waals surface area contributed by atoms with E-state index in [4.69, 9.17) is 5.11 Å². The van der Waals surface area contributed by atoms with E-state index in [0.717, 1.165) is 19.6 Å². The Bertz CT molecular complexity index is 217. The number of hydrogen-bond donors (Lipinski definition) is 1. The summed E-state index contributed by atoms with van der Waals surface area (Å²) in [7, 11) is -1.03. The van der Waals surface area contributed by atoms with E-state index in [9.17, 15) is 9.00 Å². The molecule has 0 heterocycles. The maximum absolute atomic E-state index is 11.6. The van der Waals surface area contributed by atoms with Crippen LogP contribution < -0.4 is 0 Å². The van der Waals surface area contributed by atoms with Gasteiger partial charge >= 0.3 is 5.97 Å². The minimum atomic E-state index is -1.03. The third-order valence-corrected chi connectivity index (χ3v) is 4.06. The van der Waals surface area contributed by atoms with E-state index < -0.39 is 16.8 Å². The van der Waals surface area contributed by atoms with Crippen molar-refractivity contribution in [2.75, 3.05) is 25.4 Å². The maximum atomic E-state index is 11.6. The van der Waals surface area contributed by atoms with Crippen LogP contribution in [0.2, 0.25) is 0 Å². The van der Waals surface area contributed by atoms with E-state index in [1.807, 2.05) is 0 Å². The fourth-order valence-electron chi connectivity index (χ4n) is 1.30. The van der Waals surface area contributed by atoms with Gasteiger partial charge in [-0.3, -0.25) is 9.00 Å². The van der Waals surface area contributed by atoms with Gasteiger partial charge in [0.15, 0.2) is 0 Å². The molecule has 0 rings (SSSR count). The van der Waals surface area contributed by atoms with Crippen LogP contribution in [0.15, 0.2) is 0 Å². The minimum Gasteiger partial charge on any atom is -0.481 e. The van der Waals surface area contributed by atoms with Gasteiger partial charge in [0, 0.05) is 28.3 Å². The summed E-state index contributed by atoms with van der Waals surface area (Å²) in [6, 6.07) is 0. The van der Waals surface area contributed by atoms with Gasteiger partial charge in [-0.05, 0) is 13.1 Å². The first kappa shape index (κ1) is 14.6. The quantitative estimate of drug-likeness (QED) is 0.680. The number of aliphatic carboxylic acids is 1. The second-order valence-corrected chi connectivity index (χ2v) is 5.49. The SMILES string of the molecule is CCN(CC)CCS(=O)C(C)CC(=O)O. The van der Waals surface area contributed by atoms with E-state index in [-0.39, 0.29) is 11.7 Å². The van der Waals surface area contributed by atoms with Crippen LogP contribution in [-0.2, 0) is 15.6 Å². The molecule has 0 saturated carbocycles. The molecule has 0 fully saturated rings. The van der Waals surface area contributed by atoms with Gasteiger partial charge in [0.25, 0.3) is 0 Å². The maximum Gasteiger partial charge on any atom is 0.304 e. The van der Waals surface area contributed by atoms with E-state index in [2.05, 4.69) is 18.7 Å². The molecule has 0 radical (unpaired) electrons. The van der Waals surface area contributed by atoms with Crippen LogP contribution in [0.4, 0.5) is 0 Å². The van der Waals surface area contributed by atoms with Gasteiger partial charge in [0.2, 0.25) is 0 Å². The van der Waals surface area contributed by atoms with Crippen molar-refractivity contribution in [3.8, 4) is 0 Å². The van der Waals surface area contributed by atoms with Crippen LogP contribution in [0.25, 0.3) is 0 Å². The van der Waals surface area contributed by atoms with E-state index in [1.165, 1.54) is 0 Å². The molecule has 5 heteroatoms. The summed E-state index contributed by atoms with van der Waals surface area (Å²) in [6.45, 7) is 8.53. The van der Waals surface area contributed by atoms with Gasteiger partial charge in [0.05, 0.1) is 6.42 Å². The van der Waals surface area contributed by atoms with Crippen LogP contribution >= 0.6 is 0 Å². The zero-order valence-electron chi connectivity index (χ0n) is 9.73. The zero-order valence-corrected chi connectivity index (χ0v) is 10.5. The molecule has 0 aliphatic heterocycles. The lowest BCUT2D eigenvalue weighted by atomic mass is 10.3. The van der Waals surface area contributed by atoms with Gasteiger partial charge in [-0.25, -0.2) is 0 Å². The van der Waals surface area contributed by atoms with Crippen molar-refractivity contribution in [2.45, 2.75) is 32.4 Å². The molecule has 0 aliphatic rings. The fourth-order valence-corrected chi connectivity index (χ4v) is 2.47. The number of hydrogen-bond acceptors (Lipinski definition) is 3. The first-order valence-corrected chi connectivity index (χ1v) is 6.70. The normalized spacial score (nSPS) is 15.2. The summed E-state index contributed by atoms with van der Waals surface area (Å²) in [5, 5.41) is 8.31. The molecule has 0 aromatic carbocycles. The molecule has 2 atom stereocenters. The highest BCUT2D eigenvalue weighted by atomic mass is 32.2. The average molecular weight is 235 g/mol. The Morgan fingerprint density at radius 1 is 1.40 bits per heavy atom.